The summed E-state index contributed by atoms with van der Waals surface area (Å²) in [7, 11) is -3.86. The van der Waals surface area contributed by atoms with Gasteiger partial charge in [-0.3, -0.25) is 13.9 Å². The Morgan fingerprint density at radius 2 is 1.80 bits per heavy atom. The van der Waals surface area contributed by atoms with E-state index in [-0.39, 0.29) is 29.7 Å². The first-order valence-corrected chi connectivity index (χ1v) is 13.9. The van der Waals surface area contributed by atoms with Crippen molar-refractivity contribution in [2.75, 3.05) is 17.1 Å². The lowest BCUT2D eigenvalue weighted by Crippen LogP contribution is -2.53. The summed E-state index contributed by atoms with van der Waals surface area (Å²) in [6, 6.07) is 11.2. The van der Waals surface area contributed by atoms with Gasteiger partial charge in [0.15, 0.2) is 0 Å². The molecule has 1 N–H and O–H groups in total. The molecule has 0 aromatic heterocycles. The molecular weight excluding hydrogens is 493 g/mol. The minimum Gasteiger partial charge on any atom is -0.352 e. The van der Waals surface area contributed by atoms with Crippen molar-refractivity contribution in [3.63, 3.8) is 0 Å². The van der Waals surface area contributed by atoms with E-state index in [1.165, 1.54) is 35.2 Å². The van der Waals surface area contributed by atoms with Gasteiger partial charge in [0.1, 0.15) is 18.4 Å². The number of sulfonamides is 1. The van der Waals surface area contributed by atoms with Crippen molar-refractivity contribution in [3.8, 4) is 0 Å². The van der Waals surface area contributed by atoms with Crippen LogP contribution in [0.3, 0.4) is 0 Å². The first kappa shape index (κ1) is 26.9. The number of amides is 2. The van der Waals surface area contributed by atoms with Crippen molar-refractivity contribution in [1.82, 2.24) is 10.2 Å². The molecule has 1 aliphatic carbocycles. The fraction of sp³-hybridized carbons (Fsp3) is 0.440. The normalized spacial score (nSPS) is 15.3. The summed E-state index contributed by atoms with van der Waals surface area (Å²) < 4.78 is 40.5. The minimum absolute atomic E-state index is 0.0306. The molecule has 35 heavy (non-hydrogen) atoms. The van der Waals surface area contributed by atoms with Crippen LogP contribution in [0.5, 0.6) is 0 Å². The van der Waals surface area contributed by atoms with E-state index >= 15 is 0 Å². The van der Waals surface area contributed by atoms with Crippen molar-refractivity contribution in [1.29, 1.82) is 0 Å². The molecule has 3 rings (SSSR count). The van der Waals surface area contributed by atoms with Gasteiger partial charge in [-0.25, -0.2) is 12.8 Å². The molecule has 0 bridgehead atoms. The maximum atomic E-state index is 14.5. The number of nitrogens with one attached hydrogen (secondary N) is 1. The van der Waals surface area contributed by atoms with Crippen LogP contribution in [-0.4, -0.2) is 50.0 Å². The number of hydrogen-bond acceptors (Lipinski definition) is 4. The average molecular weight is 524 g/mol. The third kappa shape index (κ3) is 7.41. The van der Waals surface area contributed by atoms with E-state index in [9.17, 15) is 22.4 Å². The van der Waals surface area contributed by atoms with Crippen LogP contribution in [0.15, 0.2) is 48.5 Å². The fourth-order valence-electron chi connectivity index (χ4n) is 4.21. The smallest absolute Gasteiger partial charge is 0.244 e. The van der Waals surface area contributed by atoms with Crippen LogP contribution in [0.25, 0.3) is 0 Å². The summed E-state index contributed by atoms with van der Waals surface area (Å²) in [4.78, 5) is 27.8. The van der Waals surface area contributed by atoms with Crippen molar-refractivity contribution in [2.45, 2.75) is 57.7 Å². The number of nitrogens with zero attached hydrogens (tertiary/aromatic N) is 2. The van der Waals surface area contributed by atoms with Gasteiger partial charge in [-0.1, -0.05) is 55.1 Å². The lowest BCUT2D eigenvalue weighted by Gasteiger charge is -2.33. The molecule has 0 aliphatic heterocycles. The van der Waals surface area contributed by atoms with Crippen molar-refractivity contribution in [3.05, 3.63) is 64.9 Å². The second kappa shape index (κ2) is 11.9. The zero-order valence-corrected chi connectivity index (χ0v) is 21.5. The van der Waals surface area contributed by atoms with E-state index in [2.05, 4.69) is 5.32 Å². The van der Waals surface area contributed by atoms with Gasteiger partial charge in [0, 0.05) is 23.2 Å². The zero-order chi connectivity index (χ0) is 25.6. The summed E-state index contributed by atoms with van der Waals surface area (Å²) in [5, 5.41) is 3.31. The topological polar surface area (TPSA) is 86.8 Å². The highest BCUT2D eigenvalue weighted by atomic mass is 35.5. The maximum absolute atomic E-state index is 14.5. The third-order valence-corrected chi connectivity index (χ3v) is 7.57. The SMILES string of the molecule is C[C@@H](C(=O)NC1CCCCC1)N(Cc1ccccc1F)C(=O)CN(c1cccc(Cl)c1)S(C)(=O)=O. The number of benzene rings is 2. The van der Waals surface area contributed by atoms with Crippen molar-refractivity contribution < 1.29 is 22.4 Å². The summed E-state index contributed by atoms with van der Waals surface area (Å²) in [5.41, 5.74) is 0.449. The first-order valence-electron chi connectivity index (χ1n) is 11.6. The molecule has 190 valence electrons. The maximum Gasteiger partial charge on any atom is 0.244 e. The second-order valence-electron chi connectivity index (χ2n) is 8.88. The first-order chi connectivity index (χ1) is 16.6. The molecule has 0 heterocycles. The molecule has 0 saturated heterocycles. The number of carbonyl (C=O) groups is 2. The predicted octanol–water partition coefficient (Wildman–Crippen LogP) is 4.11. The summed E-state index contributed by atoms with van der Waals surface area (Å²) >= 11 is 6.04. The number of hydrogen-bond donors (Lipinski definition) is 1. The molecule has 2 aromatic rings. The van der Waals surface area contributed by atoms with Gasteiger partial charge in [-0.15, -0.1) is 0 Å². The average Bonchev–Trinajstić information content (AvgIpc) is 2.81. The van der Waals surface area contributed by atoms with E-state index in [0.717, 1.165) is 42.7 Å². The molecule has 0 radical (unpaired) electrons. The van der Waals surface area contributed by atoms with Gasteiger partial charge in [0.2, 0.25) is 21.8 Å². The van der Waals surface area contributed by atoms with E-state index in [4.69, 9.17) is 11.6 Å². The quantitative estimate of drug-likeness (QED) is 0.536. The molecule has 2 amide bonds. The van der Waals surface area contributed by atoms with E-state index in [1.807, 2.05) is 0 Å². The third-order valence-electron chi connectivity index (χ3n) is 6.19. The van der Waals surface area contributed by atoms with Gasteiger partial charge in [-0.05, 0) is 44.0 Å². The molecule has 1 fully saturated rings. The van der Waals surface area contributed by atoms with Crippen molar-refractivity contribution in [2.24, 2.45) is 0 Å². The number of carbonyl (C=O) groups excluding carboxylic acids is 2. The van der Waals surface area contributed by atoms with Crippen LogP contribution in [0, 0.1) is 5.82 Å². The molecule has 2 aromatic carbocycles. The van der Waals surface area contributed by atoms with Crippen LogP contribution in [0.4, 0.5) is 10.1 Å². The monoisotopic (exact) mass is 523 g/mol. The summed E-state index contributed by atoms with van der Waals surface area (Å²) in [5.74, 6) is -1.50. The summed E-state index contributed by atoms with van der Waals surface area (Å²) in [6.45, 7) is 0.827. The van der Waals surface area contributed by atoms with Gasteiger partial charge < -0.3 is 10.2 Å². The van der Waals surface area contributed by atoms with E-state index < -0.39 is 34.3 Å². The molecule has 1 saturated carbocycles. The Bertz CT molecular complexity index is 1150. The Hall–Kier alpha value is -2.65. The summed E-state index contributed by atoms with van der Waals surface area (Å²) in [6.07, 6.45) is 5.92. The molecule has 7 nitrogen and oxygen atoms in total. The molecule has 0 spiro atoms. The second-order valence-corrected chi connectivity index (χ2v) is 11.2. The van der Waals surface area contributed by atoms with Crippen LogP contribution in [0.2, 0.25) is 5.02 Å². The Kier molecular flexibility index (Phi) is 9.13. The number of anilines is 1. The highest BCUT2D eigenvalue weighted by Crippen LogP contribution is 2.23. The van der Waals surface area contributed by atoms with Crippen molar-refractivity contribution >= 4 is 39.1 Å². The van der Waals surface area contributed by atoms with Crippen LogP contribution < -0.4 is 9.62 Å². The van der Waals surface area contributed by atoms with Gasteiger partial charge in [0.25, 0.3) is 0 Å². The molecule has 1 aliphatic rings. The highest BCUT2D eigenvalue weighted by molar-refractivity contribution is 7.92. The van der Waals surface area contributed by atoms with Crippen LogP contribution >= 0.6 is 11.6 Å². The number of rotatable bonds is 9. The Morgan fingerprint density at radius 3 is 2.43 bits per heavy atom. The number of halogens is 2. The Morgan fingerprint density at radius 1 is 1.11 bits per heavy atom. The lowest BCUT2D eigenvalue weighted by atomic mass is 9.95. The van der Waals surface area contributed by atoms with Gasteiger partial charge >= 0.3 is 0 Å². The van der Waals surface area contributed by atoms with Gasteiger partial charge in [-0.2, -0.15) is 0 Å². The Balaban J connectivity index is 1.88. The molecule has 1 atom stereocenters. The standard InChI is InChI=1S/C25H31ClFN3O4S/c1-18(25(32)28-21-11-4-3-5-12-21)29(16-19-9-6-7-14-23(19)27)24(31)17-30(35(2,33)34)22-13-8-10-20(26)15-22/h6-10,13-15,18,21H,3-5,11-12,16-17H2,1-2H3,(H,28,32)/t18-/m0/s1. The van der Waals surface area contributed by atoms with E-state index in [1.54, 1.807) is 25.1 Å². The molecular formula is C25H31ClFN3O4S. The molecule has 0 unspecified atom stereocenters. The van der Waals surface area contributed by atoms with Crippen LogP contribution in [-0.2, 0) is 26.2 Å². The highest BCUT2D eigenvalue weighted by Gasteiger charge is 2.31. The zero-order valence-electron chi connectivity index (χ0n) is 19.9. The van der Waals surface area contributed by atoms with Gasteiger partial charge in [0.05, 0.1) is 11.9 Å². The minimum atomic E-state index is -3.86. The Labute approximate surface area is 211 Å². The van der Waals surface area contributed by atoms with Crippen LogP contribution in [0.1, 0.15) is 44.6 Å². The largest absolute Gasteiger partial charge is 0.352 e. The lowest BCUT2D eigenvalue weighted by molar-refractivity contribution is -0.139. The van der Waals surface area contributed by atoms with E-state index in [0.29, 0.717) is 5.02 Å². The molecule has 10 heteroatoms. The predicted molar refractivity (Wildman–Crippen MR) is 135 cm³/mol. The fourth-order valence-corrected chi connectivity index (χ4v) is 5.23.